The lowest BCUT2D eigenvalue weighted by Crippen LogP contribution is -2.51. The number of ether oxygens (including phenoxy) is 5. The van der Waals surface area contributed by atoms with Gasteiger partial charge in [0.2, 0.25) is 11.8 Å². The number of nitrogens with zero attached hydrogens (tertiary/aromatic N) is 6. The summed E-state index contributed by atoms with van der Waals surface area (Å²) in [6.45, 7) is 30.4. The fourth-order valence-corrected chi connectivity index (χ4v) is 9.92. The summed E-state index contributed by atoms with van der Waals surface area (Å²) in [7, 11) is 0.357. The van der Waals surface area contributed by atoms with E-state index in [2.05, 4.69) is 84.9 Å². The van der Waals surface area contributed by atoms with Crippen molar-refractivity contribution in [2.24, 2.45) is 21.3 Å². The van der Waals surface area contributed by atoms with Crippen molar-refractivity contribution in [1.29, 1.82) is 0 Å². The number of hydrogen-bond acceptors (Lipinski definition) is 12. The van der Waals surface area contributed by atoms with Gasteiger partial charge >= 0.3 is 5.97 Å². The van der Waals surface area contributed by atoms with Crippen LogP contribution in [0.1, 0.15) is 126 Å². The smallest absolute Gasteiger partial charge is 0.302 e. The average Bonchev–Trinajstić information content (AvgIpc) is 4.09. The molecule has 1 aliphatic carbocycles. The van der Waals surface area contributed by atoms with Gasteiger partial charge in [0, 0.05) is 74.7 Å². The molecule has 5 atom stereocenters. The number of aryl methyl sites for hydroxylation is 1. The highest BCUT2D eigenvalue weighted by molar-refractivity contribution is 7.84. The Bertz CT molecular complexity index is 2200. The van der Waals surface area contributed by atoms with Gasteiger partial charge < -0.3 is 33.2 Å². The van der Waals surface area contributed by atoms with E-state index in [1.807, 2.05) is 40.8 Å². The summed E-state index contributed by atoms with van der Waals surface area (Å²) < 4.78 is 49.4. The van der Waals surface area contributed by atoms with Crippen LogP contribution in [0.15, 0.2) is 40.4 Å². The van der Waals surface area contributed by atoms with E-state index < -0.39 is 21.8 Å². The molecule has 3 aliphatic rings. The number of nitrogens with one attached hydrogen (secondary N) is 1. The Morgan fingerprint density at radius 1 is 0.924 bits per heavy atom. The van der Waals surface area contributed by atoms with Crippen molar-refractivity contribution in [3.8, 4) is 17.0 Å². The van der Waals surface area contributed by atoms with Crippen molar-refractivity contribution >= 4 is 45.3 Å². The van der Waals surface area contributed by atoms with Gasteiger partial charge in [-0.3, -0.25) is 14.7 Å². The van der Waals surface area contributed by atoms with Crippen LogP contribution < -0.4 is 14.4 Å². The molecule has 0 amide bonds. The van der Waals surface area contributed by atoms with Crippen molar-refractivity contribution < 1.29 is 32.7 Å². The van der Waals surface area contributed by atoms with Gasteiger partial charge in [-0.15, -0.1) is 0 Å². The van der Waals surface area contributed by atoms with Crippen molar-refractivity contribution in [2.75, 3.05) is 64.6 Å². The number of pyridine rings is 1. The number of rotatable bonds is 21. The third-order valence-electron chi connectivity index (χ3n) is 12.8. The minimum absolute atomic E-state index is 0.161. The van der Waals surface area contributed by atoms with E-state index in [1.54, 1.807) is 7.11 Å². The van der Waals surface area contributed by atoms with Gasteiger partial charge in [0.05, 0.1) is 77.6 Å². The molecular weight excluding hydrogens is 855 g/mol. The fourth-order valence-electron chi connectivity index (χ4n) is 9.05. The maximum Gasteiger partial charge on any atom is 0.302 e. The lowest BCUT2D eigenvalue weighted by Gasteiger charge is -2.36. The van der Waals surface area contributed by atoms with Gasteiger partial charge in [-0.25, -0.2) is 18.9 Å². The van der Waals surface area contributed by atoms with E-state index in [4.69, 9.17) is 38.7 Å². The first-order valence-electron chi connectivity index (χ1n) is 24.4. The number of esters is 1. The molecule has 0 radical (unpaired) electrons. The number of methoxy groups -OCH3 is 1. The summed E-state index contributed by atoms with van der Waals surface area (Å²) in [6.07, 6.45) is 6.28. The van der Waals surface area contributed by atoms with Crippen molar-refractivity contribution in [3.05, 3.63) is 41.7 Å². The first kappa shape index (κ1) is 51.3. The third kappa shape index (κ3) is 12.5. The molecule has 4 heterocycles. The Kier molecular flexibility index (Phi) is 17.4. The van der Waals surface area contributed by atoms with Crippen molar-refractivity contribution in [2.45, 2.75) is 157 Å². The molecule has 3 aromatic rings. The highest BCUT2D eigenvalue weighted by atomic mass is 32.2. The molecule has 1 aromatic carbocycles. The second-order valence-electron chi connectivity index (χ2n) is 20.2. The second kappa shape index (κ2) is 22.4. The molecule has 1 saturated carbocycles. The number of carbonyl (C=O) groups is 1. The Balaban J connectivity index is 1.34. The summed E-state index contributed by atoms with van der Waals surface area (Å²) in [5.41, 5.74) is 5.98. The van der Waals surface area contributed by atoms with E-state index in [0.29, 0.717) is 50.9 Å². The van der Waals surface area contributed by atoms with Gasteiger partial charge in [-0.1, -0.05) is 27.7 Å². The molecule has 1 saturated heterocycles. The van der Waals surface area contributed by atoms with Crippen LogP contribution in [0.2, 0.25) is 0 Å². The van der Waals surface area contributed by atoms with Gasteiger partial charge in [-0.2, -0.15) is 0 Å². The molecule has 366 valence electrons. The average molecular weight is 934 g/mol. The van der Waals surface area contributed by atoms with Gasteiger partial charge in [0.25, 0.3) is 0 Å². The summed E-state index contributed by atoms with van der Waals surface area (Å²) in [5, 5.41) is 1.08. The predicted octanol–water partition coefficient (Wildman–Crippen LogP) is 8.70. The summed E-state index contributed by atoms with van der Waals surface area (Å²) >= 11 is 0. The molecule has 15 heteroatoms. The maximum absolute atomic E-state index is 13.7. The Hall–Kier alpha value is -4.05. The van der Waals surface area contributed by atoms with Gasteiger partial charge in [0.1, 0.15) is 17.8 Å². The second-order valence-corrected chi connectivity index (χ2v) is 22.2. The Labute approximate surface area is 397 Å². The van der Waals surface area contributed by atoms with E-state index in [-0.39, 0.29) is 42.1 Å². The lowest BCUT2D eigenvalue weighted by atomic mass is 9.84. The van der Waals surface area contributed by atoms with Crippen LogP contribution in [0.25, 0.3) is 22.2 Å². The minimum Gasteiger partial charge on any atom is -0.494 e. The SMILES string of the molecule is CCOC1=N[C@H](C(C)C)C(OCC)=N[C@H]1[C@@H](CCCOc1ccc2c(c1)c(CC(C)(C)COC(C)=O)c(-c1cc(N3CCN(C4CC4)CC3)cnc1[C@H](C)OC)n2CC)NS(=O)C(C)(C)C. The summed E-state index contributed by atoms with van der Waals surface area (Å²) in [5.74, 6) is 1.74. The highest BCUT2D eigenvalue weighted by Crippen LogP contribution is 2.43. The molecule has 1 N–H and O–H groups in total. The molecule has 6 rings (SSSR count). The summed E-state index contributed by atoms with van der Waals surface area (Å²) in [6, 6.07) is 8.32. The highest BCUT2D eigenvalue weighted by Gasteiger charge is 2.38. The van der Waals surface area contributed by atoms with Crippen molar-refractivity contribution in [3.63, 3.8) is 0 Å². The first-order chi connectivity index (χ1) is 31.4. The monoisotopic (exact) mass is 934 g/mol. The van der Waals surface area contributed by atoms with Crippen LogP contribution in [-0.4, -0.2) is 125 Å². The number of hydrogen-bond donors (Lipinski definition) is 1. The van der Waals surface area contributed by atoms with Crippen LogP contribution in [0.3, 0.4) is 0 Å². The number of fused-ring (bicyclic) bond motifs is 1. The quantitative estimate of drug-likeness (QED) is 0.0815. The zero-order chi connectivity index (χ0) is 47.9. The minimum atomic E-state index is -1.38. The molecule has 66 heavy (non-hydrogen) atoms. The summed E-state index contributed by atoms with van der Waals surface area (Å²) in [4.78, 5) is 32.5. The standard InChI is InChI=1S/C51H79N7O7S/c1-14-58-43-22-21-38(64-27-17-18-42(55-66(60)50(8,9)10)46-49(63-16-3)53-44(33(4)5)48(54-46)62-15-2)29-39(43)41(30-51(11,12)32-65-35(7)59)47(58)40-28-37(31-52-45(40)34(6)61-13)57-25-23-56(24-26-57)36-19-20-36/h21-22,28-29,31,33-34,36,42,44,46,55H,14-20,23-27,30,32H2,1-13H3/t34-,42+,44+,46-,66?/m0/s1. The van der Waals surface area contributed by atoms with Gasteiger partial charge in [0.15, 0.2) is 0 Å². The normalized spacial score (nSPS) is 19.9. The van der Waals surface area contributed by atoms with E-state index in [9.17, 15) is 9.00 Å². The molecule has 0 spiro atoms. The maximum atomic E-state index is 13.7. The number of benzene rings is 1. The van der Waals surface area contributed by atoms with Crippen LogP contribution in [0.4, 0.5) is 5.69 Å². The lowest BCUT2D eigenvalue weighted by molar-refractivity contribution is -0.143. The number of aromatic nitrogens is 2. The van der Waals surface area contributed by atoms with Crippen LogP contribution in [0, 0.1) is 11.3 Å². The predicted molar refractivity (Wildman–Crippen MR) is 267 cm³/mol. The fraction of sp³-hybridized carbons (Fsp3) is 0.686. The van der Waals surface area contributed by atoms with Crippen molar-refractivity contribution in [1.82, 2.24) is 19.2 Å². The molecule has 14 nitrogen and oxygen atoms in total. The third-order valence-corrected chi connectivity index (χ3v) is 14.4. The number of aliphatic imine (C=N–C) groups is 2. The zero-order valence-electron chi connectivity index (χ0n) is 42.2. The molecule has 2 fully saturated rings. The molecule has 1 unspecified atom stereocenters. The largest absolute Gasteiger partial charge is 0.494 e. The number of piperazine rings is 1. The van der Waals surface area contributed by atoms with E-state index in [1.165, 1.54) is 19.8 Å². The molecule has 2 aliphatic heterocycles. The number of carbonyl (C=O) groups excluding carboxylic acids is 1. The van der Waals surface area contributed by atoms with E-state index in [0.717, 1.165) is 83.6 Å². The zero-order valence-corrected chi connectivity index (χ0v) is 43.0. The Morgan fingerprint density at radius 2 is 1.59 bits per heavy atom. The molecular formula is C51H79N7O7S. The molecule has 0 bridgehead atoms. The van der Waals surface area contributed by atoms with Crippen LogP contribution >= 0.6 is 0 Å². The number of anilines is 1. The van der Waals surface area contributed by atoms with E-state index >= 15 is 0 Å². The molecule has 2 aromatic heterocycles. The topological polar surface area (TPSA) is 141 Å². The van der Waals surface area contributed by atoms with Crippen LogP contribution in [0.5, 0.6) is 5.75 Å². The van der Waals surface area contributed by atoms with Gasteiger partial charge in [-0.05, 0) is 116 Å². The Morgan fingerprint density at radius 3 is 2.18 bits per heavy atom. The van der Waals surface area contributed by atoms with Crippen LogP contribution in [-0.2, 0) is 47.7 Å². The first-order valence-corrected chi connectivity index (χ1v) is 25.6.